The summed E-state index contributed by atoms with van der Waals surface area (Å²) >= 11 is 0. The van der Waals surface area contributed by atoms with E-state index in [-0.39, 0.29) is 55.8 Å². The Balaban J connectivity index is 1.74. The second kappa shape index (κ2) is 13.3. The predicted molar refractivity (Wildman–Crippen MR) is 137 cm³/mol. The zero-order chi connectivity index (χ0) is 29.4. The van der Waals surface area contributed by atoms with Crippen LogP contribution in [-0.2, 0) is 27.1 Å². The molecule has 2 aromatic rings. The second-order valence-corrected chi connectivity index (χ2v) is 9.73. The summed E-state index contributed by atoms with van der Waals surface area (Å²) in [5.74, 6) is -2.25. The number of alkyl halides is 3. The van der Waals surface area contributed by atoms with Crippen molar-refractivity contribution in [2.45, 2.75) is 51.5 Å². The summed E-state index contributed by atoms with van der Waals surface area (Å²) in [5, 5.41) is 11.3. The Kier molecular flexibility index (Phi) is 10.1. The minimum atomic E-state index is -4.55. The van der Waals surface area contributed by atoms with Gasteiger partial charge in [0.1, 0.15) is 24.4 Å². The summed E-state index contributed by atoms with van der Waals surface area (Å²) in [6.45, 7) is 4.01. The number of nitrogens with one attached hydrogen (secondary N) is 3. The predicted octanol–water partition coefficient (Wildman–Crippen LogP) is 1.59. The molecule has 40 heavy (non-hydrogen) atoms. The first-order chi connectivity index (χ1) is 18.9. The summed E-state index contributed by atoms with van der Waals surface area (Å²) in [6, 6.07) is 5.09. The van der Waals surface area contributed by atoms with E-state index >= 15 is 0 Å². The summed E-state index contributed by atoms with van der Waals surface area (Å²) in [7, 11) is 1.58. The first-order valence-electron chi connectivity index (χ1n) is 12.8. The molecule has 14 heteroatoms. The lowest BCUT2D eigenvalue weighted by atomic mass is 10.0. The standard InChI is InChI=1S/C26H33F3N6O5/c1-16(2)22-25(39)34(3)13-14-40-19-8-5-4-7-17(19)23(37)31-18(15-21(36)32-22)24(38)30-10-6-11-35-12-9-20(33-35)26(27,28)29/h4-5,7-9,12,16,18,22H,6,10-11,13-15H2,1-3H3,(H,30,38)(H,31,37)(H,32,36)/t18-,22+/m0/s1. The topological polar surface area (TPSA) is 135 Å². The van der Waals surface area contributed by atoms with Crippen molar-refractivity contribution in [1.82, 2.24) is 30.6 Å². The highest BCUT2D eigenvalue weighted by molar-refractivity contribution is 6.01. The SMILES string of the molecule is CC(C)[C@H]1NC(=O)C[C@@H](C(=O)NCCCn2ccc(C(F)(F)F)n2)NC(=O)c2ccccc2OCCN(C)C1=O. The third kappa shape index (κ3) is 8.20. The molecule has 218 valence electrons. The van der Waals surface area contributed by atoms with E-state index in [2.05, 4.69) is 21.0 Å². The molecule has 0 unspecified atom stereocenters. The van der Waals surface area contributed by atoms with Gasteiger partial charge in [-0.25, -0.2) is 0 Å². The van der Waals surface area contributed by atoms with Gasteiger partial charge in [0.2, 0.25) is 17.7 Å². The van der Waals surface area contributed by atoms with Gasteiger partial charge in [0, 0.05) is 26.3 Å². The fraction of sp³-hybridized carbons (Fsp3) is 0.500. The molecule has 3 rings (SSSR count). The van der Waals surface area contributed by atoms with Crippen molar-refractivity contribution in [3.63, 3.8) is 0 Å². The molecule has 0 bridgehead atoms. The quantitative estimate of drug-likeness (QED) is 0.455. The Bertz CT molecular complexity index is 1220. The van der Waals surface area contributed by atoms with Gasteiger partial charge in [-0.3, -0.25) is 23.9 Å². The average Bonchev–Trinajstić information content (AvgIpc) is 3.38. The van der Waals surface area contributed by atoms with Crippen LogP contribution >= 0.6 is 0 Å². The van der Waals surface area contributed by atoms with Crippen LogP contribution in [0.2, 0.25) is 0 Å². The smallest absolute Gasteiger partial charge is 0.435 e. The van der Waals surface area contributed by atoms with Gasteiger partial charge in [-0.15, -0.1) is 0 Å². The van der Waals surface area contributed by atoms with Crippen LogP contribution < -0.4 is 20.7 Å². The van der Waals surface area contributed by atoms with Gasteiger partial charge in [-0.1, -0.05) is 26.0 Å². The Labute approximate surface area is 229 Å². The number of ether oxygens (including phenoxy) is 1. The fourth-order valence-electron chi connectivity index (χ4n) is 4.01. The van der Waals surface area contributed by atoms with Gasteiger partial charge in [0.15, 0.2) is 5.69 Å². The number of aryl methyl sites for hydroxylation is 1. The van der Waals surface area contributed by atoms with E-state index < -0.39 is 48.1 Å². The maximum absolute atomic E-state index is 13.1. The lowest BCUT2D eigenvalue weighted by molar-refractivity contribution is -0.141. The Hall–Kier alpha value is -4.10. The maximum Gasteiger partial charge on any atom is 0.435 e. The lowest BCUT2D eigenvalue weighted by Gasteiger charge is -2.28. The van der Waals surface area contributed by atoms with Crippen molar-refractivity contribution in [2.24, 2.45) is 5.92 Å². The molecule has 1 aliphatic rings. The fourth-order valence-corrected chi connectivity index (χ4v) is 4.01. The number of hydrogen-bond donors (Lipinski definition) is 3. The van der Waals surface area contributed by atoms with E-state index in [1.165, 1.54) is 17.2 Å². The van der Waals surface area contributed by atoms with E-state index in [1.807, 2.05) is 0 Å². The molecular formula is C26H33F3N6O5. The van der Waals surface area contributed by atoms with Crippen molar-refractivity contribution >= 4 is 23.6 Å². The molecule has 0 spiro atoms. The van der Waals surface area contributed by atoms with Crippen LogP contribution in [0.1, 0.15) is 42.7 Å². The molecule has 4 amide bonds. The number of hydrogen-bond acceptors (Lipinski definition) is 6. The average molecular weight is 567 g/mol. The van der Waals surface area contributed by atoms with E-state index in [4.69, 9.17) is 4.74 Å². The van der Waals surface area contributed by atoms with E-state index in [9.17, 15) is 32.3 Å². The van der Waals surface area contributed by atoms with Gasteiger partial charge in [-0.2, -0.15) is 18.3 Å². The third-order valence-electron chi connectivity index (χ3n) is 6.25. The van der Waals surface area contributed by atoms with Crippen molar-refractivity contribution in [2.75, 3.05) is 26.7 Å². The number of amides is 4. The van der Waals surface area contributed by atoms with E-state index in [0.29, 0.717) is 0 Å². The molecule has 0 saturated heterocycles. The monoisotopic (exact) mass is 566 g/mol. The summed E-state index contributed by atoms with van der Waals surface area (Å²) < 4.78 is 45.1. The molecule has 1 aromatic carbocycles. The number of para-hydroxylation sites is 1. The van der Waals surface area contributed by atoms with Crippen LogP contribution in [0.15, 0.2) is 36.5 Å². The molecule has 3 N–H and O–H groups in total. The number of carbonyl (C=O) groups excluding carboxylic acids is 4. The number of fused-ring (bicyclic) bond motifs is 1. The summed E-state index contributed by atoms with van der Waals surface area (Å²) in [4.78, 5) is 53.5. The molecule has 0 saturated carbocycles. The highest BCUT2D eigenvalue weighted by Crippen LogP contribution is 2.27. The van der Waals surface area contributed by atoms with Crippen molar-refractivity contribution in [3.05, 3.63) is 47.8 Å². The third-order valence-corrected chi connectivity index (χ3v) is 6.25. The van der Waals surface area contributed by atoms with Crippen molar-refractivity contribution in [3.8, 4) is 5.75 Å². The molecule has 11 nitrogen and oxygen atoms in total. The Morgan fingerprint density at radius 3 is 2.58 bits per heavy atom. The summed E-state index contributed by atoms with van der Waals surface area (Å²) in [5.41, 5.74) is -0.871. The largest absolute Gasteiger partial charge is 0.491 e. The normalized spacial score (nSPS) is 19.3. The Morgan fingerprint density at radius 2 is 1.90 bits per heavy atom. The van der Waals surface area contributed by atoms with Gasteiger partial charge in [0.05, 0.1) is 18.5 Å². The zero-order valence-electron chi connectivity index (χ0n) is 22.5. The van der Waals surface area contributed by atoms with E-state index in [0.717, 1.165) is 10.7 Å². The van der Waals surface area contributed by atoms with Crippen molar-refractivity contribution in [1.29, 1.82) is 0 Å². The number of nitrogens with zero attached hydrogens (tertiary/aromatic N) is 3. The van der Waals surface area contributed by atoms with Crippen molar-refractivity contribution < 1.29 is 37.1 Å². The highest BCUT2D eigenvalue weighted by atomic mass is 19.4. The van der Waals surface area contributed by atoms with Crippen LogP contribution in [0.5, 0.6) is 5.75 Å². The molecule has 0 fully saturated rings. The molecule has 1 aliphatic heterocycles. The highest BCUT2D eigenvalue weighted by Gasteiger charge is 2.34. The van der Waals surface area contributed by atoms with Crippen LogP contribution in [-0.4, -0.2) is 77.1 Å². The van der Waals surface area contributed by atoms with Gasteiger partial charge >= 0.3 is 6.18 Å². The number of carbonyl (C=O) groups is 4. The second-order valence-electron chi connectivity index (χ2n) is 9.73. The first kappa shape index (κ1) is 30.4. The number of rotatable bonds is 6. The van der Waals surface area contributed by atoms with Crippen LogP contribution in [0.4, 0.5) is 13.2 Å². The van der Waals surface area contributed by atoms with Gasteiger partial charge in [-0.05, 0) is 30.5 Å². The van der Waals surface area contributed by atoms with Crippen LogP contribution in [0.3, 0.4) is 0 Å². The number of benzene rings is 1. The number of aromatic nitrogens is 2. The minimum absolute atomic E-state index is 0.0473. The van der Waals surface area contributed by atoms with Gasteiger partial charge < -0.3 is 25.6 Å². The summed E-state index contributed by atoms with van der Waals surface area (Å²) in [6.07, 6.45) is -3.57. The first-order valence-corrected chi connectivity index (χ1v) is 12.8. The number of halogens is 3. The maximum atomic E-state index is 13.1. The Morgan fingerprint density at radius 1 is 1.18 bits per heavy atom. The van der Waals surface area contributed by atoms with Crippen LogP contribution in [0, 0.1) is 5.92 Å². The lowest BCUT2D eigenvalue weighted by Crippen LogP contribution is -2.54. The minimum Gasteiger partial charge on any atom is -0.491 e. The van der Waals surface area contributed by atoms with Crippen LogP contribution in [0.25, 0.3) is 0 Å². The molecule has 2 atom stereocenters. The zero-order valence-corrected chi connectivity index (χ0v) is 22.5. The van der Waals surface area contributed by atoms with Gasteiger partial charge in [0.25, 0.3) is 5.91 Å². The molecule has 2 heterocycles. The molecule has 0 aliphatic carbocycles. The molecule has 0 radical (unpaired) electrons. The van der Waals surface area contributed by atoms with E-state index in [1.54, 1.807) is 39.1 Å². The number of likely N-dealkylation sites (N-methyl/N-ethyl adjacent to an activating group) is 1. The molecular weight excluding hydrogens is 533 g/mol. The molecule has 1 aromatic heterocycles.